The molecule has 0 radical (unpaired) electrons. The molecule has 0 bridgehead atoms. The first-order valence-corrected chi connectivity index (χ1v) is 7.14. The number of aromatic nitrogens is 1. The largest absolute Gasteiger partial charge is 0.454 e. The minimum atomic E-state index is 0.297. The number of hydrogen-bond acceptors (Lipinski definition) is 4. The lowest BCUT2D eigenvalue weighted by Crippen LogP contribution is -2.25. The first-order chi connectivity index (χ1) is 9.69. The summed E-state index contributed by atoms with van der Waals surface area (Å²) in [7, 11) is 0. The monoisotopic (exact) mass is 272 g/mol. The normalized spacial score (nSPS) is 14.8. The fourth-order valence-corrected chi connectivity index (χ4v) is 2.59. The van der Waals surface area contributed by atoms with Crippen LogP contribution in [0.2, 0.25) is 0 Å². The molecule has 1 aromatic carbocycles. The maximum atomic E-state index is 5.46. The number of nitrogens with one attached hydrogen (secondary N) is 1. The SMILES string of the molecule is CCC(Nc1nccc2cc3c(cc12)OCO3)C(C)C. The molecule has 0 amide bonds. The first kappa shape index (κ1) is 13.0. The molecule has 0 saturated carbocycles. The molecule has 0 spiro atoms. The van der Waals surface area contributed by atoms with Crippen LogP contribution >= 0.6 is 0 Å². The highest BCUT2D eigenvalue weighted by atomic mass is 16.7. The summed E-state index contributed by atoms with van der Waals surface area (Å²) >= 11 is 0. The van der Waals surface area contributed by atoms with Crippen LogP contribution in [0.4, 0.5) is 5.82 Å². The second kappa shape index (κ2) is 5.19. The van der Waals surface area contributed by atoms with Crippen LogP contribution in [0.25, 0.3) is 10.8 Å². The second-order valence-corrected chi connectivity index (χ2v) is 5.49. The molecule has 106 valence electrons. The molecule has 20 heavy (non-hydrogen) atoms. The van der Waals surface area contributed by atoms with Crippen LogP contribution in [-0.2, 0) is 0 Å². The number of nitrogens with zero attached hydrogens (tertiary/aromatic N) is 1. The Morgan fingerprint density at radius 2 is 2.00 bits per heavy atom. The smallest absolute Gasteiger partial charge is 0.231 e. The zero-order valence-corrected chi connectivity index (χ0v) is 12.1. The molecule has 4 heteroatoms. The number of rotatable bonds is 4. The van der Waals surface area contributed by atoms with Crippen LogP contribution in [0.3, 0.4) is 0 Å². The number of pyridine rings is 1. The van der Waals surface area contributed by atoms with Gasteiger partial charge in [-0.05, 0) is 35.9 Å². The molecule has 1 unspecified atom stereocenters. The van der Waals surface area contributed by atoms with E-state index in [1.807, 2.05) is 24.4 Å². The van der Waals surface area contributed by atoms with Gasteiger partial charge in [0.15, 0.2) is 11.5 Å². The van der Waals surface area contributed by atoms with Crippen LogP contribution in [-0.4, -0.2) is 17.8 Å². The maximum absolute atomic E-state index is 5.46. The Balaban J connectivity index is 2.02. The number of benzene rings is 1. The number of fused-ring (bicyclic) bond motifs is 2. The average Bonchev–Trinajstić information content (AvgIpc) is 2.89. The van der Waals surface area contributed by atoms with Gasteiger partial charge in [0.05, 0.1) is 0 Å². The maximum Gasteiger partial charge on any atom is 0.231 e. The van der Waals surface area contributed by atoms with Gasteiger partial charge in [-0.1, -0.05) is 20.8 Å². The van der Waals surface area contributed by atoms with E-state index in [0.29, 0.717) is 18.8 Å². The van der Waals surface area contributed by atoms with Crippen molar-refractivity contribution in [2.75, 3.05) is 12.1 Å². The lowest BCUT2D eigenvalue weighted by atomic mass is 10.0. The van der Waals surface area contributed by atoms with Crippen molar-refractivity contribution < 1.29 is 9.47 Å². The summed E-state index contributed by atoms with van der Waals surface area (Å²) in [6.07, 6.45) is 2.90. The van der Waals surface area contributed by atoms with Gasteiger partial charge in [-0.25, -0.2) is 4.98 Å². The van der Waals surface area contributed by atoms with Gasteiger partial charge in [0.2, 0.25) is 6.79 Å². The van der Waals surface area contributed by atoms with E-state index in [9.17, 15) is 0 Å². The predicted octanol–water partition coefficient (Wildman–Crippen LogP) is 3.81. The summed E-state index contributed by atoms with van der Waals surface area (Å²) in [5, 5.41) is 5.75. The van der Waals surface area contributed by atoms with Crippen molar-refractivity contribution in [3.8, 4) is 11.5 Å². The van der Waals surface area contributed by atoms with Crippen molar-refractivity contribution in [1.29, 1.82) is 0 Å². The lowest BCUT2D eigenvalue weighted by Gasteiger charge is -2.22. The molecular formula is C16H20N2O2. The standard InChI is InChI=1S/C16H20N2O2/c1-4-13(10(2)3)18-16-12-8-15-14(19-9-20-15)7-11(12)5-6-17-16/h5-8,10,13H,4,9H2,1-3H3,(H,17,18). The molecule has 2 aromatic rings. The summed E-state index contributed by atoms with van der Waals surface area (Å²) in [5.74, 6) is 3.09. The highest BCUT2D eigenvalue weighted by Gasteiger charge is 2.17. The second-order valence-electron chi connectivity index (χ2n) is 5.49. The Bertz CT molecular complexity index is 625. The summed E-state index contributed by atoms with van der Waals surface area (Å²) in [6, 6.07) is 6.44. The van der Waals surface area contributed by atoms with Crippen molar-refractivity contribution >= 4 is 16.6 Å². The molecule has 2 heterocycles. The molecule has 0 aliphatic carbocycles. The molecule has 0 fully saturated rings. The van der Waals surface area contributed by atoms with E-state index in [1.165, 1.54) is 0 Å². The number of anilines is 1. The first-order valence-electron chi connectivity index (χ1n) is 7.14. The molecule has 1 atom stereocenters. The highest BCUT2D eigenvalue weighted by molar-refractivity contribution is 5.94. The summed E-state index contributed by atoms with van der Waals surface area (Å²) in [5.41, 5.74) is 0. The molecule has 4 nitrogen and oxygen atoms in total. The van der Waals surface area contributed by atoms with E-state index < -0.39 is 0 Å². The van der Waals surface area contributed by atoms with E-state index in [4.69, 9.17) is 9.47 Å². The zero-order chi connectivity index (χ0) is 14.1. The fourth-order valence-electron chi connectivity index (χ4n) is 2.59. The molecule has 0 saturated heterocycles. The van der Waals surface area contributed by atoms with E-state index >= 15 is 0 Å². The molecular weight excluding hydrogens is 252 g/mol. The zero-order valence-electron chi connectivity index (χ0n) is 12.1. The predicted molar refractivity (Wildman–Crippen MR) is 80.4 cm³/mol. The summed E-state index contributed by atoms with van der Waals surface area (Å²) in [6.45, 7) is 6.94. The van der Waals surface area contributed by atoms with E-state index in [2.05, 4.69) is 31.1 Å². The Labute approximate surface area is 119 Å². The summed E-state index contributed by atoms with van der Waals surface area (Å²) in [4.78, 5) is 4.50. The van der Waals surface area contributed by atoms with Gasteiger partial charge < -0.3 is 14.8 Å². The topological polar surface area (TPSA) is 43.4 Å². The van der Waals surface area contributed by atoms with Gasteiger partial charge in [0.25, 0.3) is 0 Å². The quantitative estimate of drug-likeness (QED) is 0.919. The van der Waals surface area contributed by atoms with Gasteiger partial charge in [-0.3, -0.25) is 0 Å². The van der Waals surface area contributed by atoms with E-state index in [-0.39, 0.29) is 0 Å². The highest BCUT2D eigenvalue weighted by Crippen LogP contribution is 2.38. The van der Waals surface area contributed by atoms with Gasteiger partial charge >= 0.3 is 0 Å². The Morgan fingerprint density at radius 3 is 2.70 bits per heavy atom. The van der Waals surface area contributed by atoms with Crippen molar-refractivity contribution in [2.24, 2.45) is 5.92 Å². The van der Waals surface area contributed by atoms with Gasteiger partial charge in [0.1, 0.15) is 5.82 Å². The van der Waals surface area contributed by atoms with Crippen molar-refractivity contribution in [1.82, 2.24) is 4.98 Å². The van der Waals surface area contributed by atoms with Gasteiger partial charge in [-0.2, -0.15) is 0 Å². The van der Waals surface area contributed by atoms with Crippen molar-refractivity contribution in [3.63, 3.8) is 0 Å². The molecule has 3 rings (SSSR count). The van der Waals surface area contributed by atoms with Gasteiger partial charge in [-0.15, -0.1) is 0 Å². The van der Waals surface area contributed by atoms with E-state index in [1.54, 1.807) is 0 Å². The van der Waals surface area contributed by atoms with E-state index in [0.717, 1.165) is 34.5 Å². The third kappa shape index (κ3) is 2.26. The lowest BCUT2D eigenvalue weighted by molar-refractivity contribution is 0.174. The molecule has 1 aliphatic rings. The Hall–Kier alpha value is -1.97. The van der Waals surface area contributed by atoms with Crippen LogP contribution in [0.15, 0.2) is 24.4 Å². The average molecular weight is 272 g/mol. The van der Waals surface area contributed by atoms with Crippen LogP contribution in [0, 0.1) is 5.92 Å². The Kier molecular flexibility index (Phi) is 3.38. The third-order valence-corrected chi connectivity index (χ3v) is 3.82. The van der Waals surface area contributed by atoms with Gasteiger partial charge in [0, 0.05) is 17.6 Å². The minimum absolute atomic E-state index is 0.297. The fraction of sp³-hybridized carbons (Fsp3) is 0.438. The van der Waals surface area contributed by atoms with Crippen molar-refractivity contribution in [2.45, 2.75) is 33.2 Å². The molecule has 1 N–H and O–H groups in total. The third-order valence-electron chi connectivity index (χ3n) is 3.82. The number of ether oxygens (including phenoxy) is 2. The summed E-state index contributed by atoms with van der Waals surface area (Å²) < 4.78 is 10.9. The van der Waals surface area contributed by atoms with Crippen LogP contribution in [0.5, 0.6) is 11.5 Å². The number of hydrogen-bond donors (Lipinski definition) is 1. The molecule has 1 aromatic heterocycles. The molecule has 1 aliphatic heterocycles. The van der Waals surface area contributed by atoms with Crippen LogP contribution in [0.1, 0.15) is 27.2 Å². The minimum Gasteiger partial charge on any atom is -0.454 e. The van der Waals surface area contributed by atoms with Crippen LogP contribution < -0.4 is 14.8 Å². The Morgan fingerprint density at radius 1 is 1.25 bits per heavy atom. The van der Waals surface area contributed by atoms with Crippen molar-refractivity contribution in [3.05, 3.63) is 24.4 Å².